The number of carbonyl (C=O) groups is 4. The van der Waals surface area contributed by atoms with Gasteiger partial charge in [0.05, 0.1) is 28.2 Å². The molecule has 0 fully saturated rings. The molecule has 1 aromatic rings. The standard InChI is InChI=1S/C36H42N4O8/c1-20-27(9-11-30(41)42)36(16-14-33(47)48)22(3)35(15-13-32(45)46)21(2)28(10-12-31(43)44)34(4,40-35)19-26-8-7-24(38-26)17-23-5-6-25(37-23)18-29(20)39-36/h5-8,17-19,22,37,40H,9-16H2,1-4H3,(H,41,42)(H,43,44)(H,45,46)(H,47,48)/b23-17-,25-18-,26-19-. The fraction of sp³-hybridized carbons (Fsp3) is 0.444. The van der Waals surface area contributed by atoms with Gasteiger partial charge in [-0.05, 0) is 106 Å². The van der Waals surface area contributed by atoms with Gasteiger partial charge in [0.1, 0.15) is 0 Å². The molecule has 6 N–H and O–H groups in total. The van der Waals surface area contributed by atoms with Gasteiger partial charge in [0.15, 0.2) is 0 Å². The van der Waals surface area contributed by atoms with Crippen LogP contribution in [-0.2, 0) is 19.2 Å². The monoisotopic (exact) mass is 658 g/mol. The molecule has 0 spiro atoms. The van der Waals surface area contributed by atoms with Crippen LogP contribution >= 0.6 is 0 Å². The minimum Gasteiger partial charge on any atom is -0.481 e. The van der Waals surface area contributed by atoms with E-state index in [0.29, 0.717) is 22.7 Å². The van der Waals surface area contributed by atoms with Crippen molar-refractivity contribution >= 4 is 47.5 Å². The van der Waals surface area contributed by atoms with E-state index in [2.05, 4.69) is 10.3 Å². The minimum atomic E-state index is -1.23. The number of aliphatic carboxylic acids is 4. The second kappa shape index (κ2) is 13.0. The van der Waals surface area contributed by atoms with Gasteiger partial charge in [-0.1, -0.05) is 12.5 Å². The first-order chi connectivity index (χ1) is 22.6. The van der Waals surface area contributed by atoms with Crippen molar-refractivity contribution in [3.05, 3.63) is 69.0 Å². The van der Waals surface area contributed by atoms with Crippen LogP contribution < -0.4 is 16.0 Å². The number of H-pyrrole nitrogens is 1. The molecule has 254 valence electrons. The lowest BCUT2D eigenvalue weighted by Gasteiger charge is -2.49. The summed E-state index contributed by atoms with van der Waals surface area (Å²) in [6, 6.07) is 3.80. The zero-order valence-corrected chi connectivity index (χ0v) is 27.6. The predicted octanol–water partition coefficient (Wildman–Crippen LogP) is 3.51. The lowest BCUT2D eigenvalue weighted by Crippen LogP contribution is -2.60. The lowest BCUT2D eigenvalue weighted by atomic mass is 9.62. The molecule has 0 aromatic carbocycles. The fourth-order valence-corrected chi connectivity index (χ4v) is 8.16. The van der Waals surface area contributed by atoms with Crippen molar-refractivity contribution < 1.29 is 39.6 Å². The molecule has 4 aliphatic rings. The number of allylic oxidation sites excluding steroid dienone is 3. The van der Waals surface area contributed by atoms with E-state index < -0.39 is 46.4 Å². The second-order valence-electron chi connectivity index (χ2n) is 13.3. The Balaban J connectivity index is 1.86. The quantitative estimate of drug-likeness (QED) is 0.182. The molecule has 0 aliphatic carbocycles. The molecule has 4 unspecified atom stereocenters. The molecule has 12 heteroatoms. The highest BCUT2D eigenvalue weighted by Gasteiger charge is 2.58. The number of carboxylic acid groups (broad SMARTS) is 4. The van der Waals surface area contributed by atoms with Gasteiger partial charge in [-0.25, -0.2) is 4.99 Å². The molecule has 0 radical (unpaired) electrons. The molecule has 0 amide bonds. The van der Waals surface area contributed by atoms with Crippen LogP contribution in [0.2, 0.25) is 0 Å². The summed E-state index contributed by atoms with van der Waals surface area (Å²) < 4.78 is 0. The lowest BCUT2D eigenvalue weighted by molar-refractivity contribution is -0.138. The molecule has 5 heterocycles. The van der Waals surface area contributed by atoms with Crippen molar-refractivity contribution in [3.8, 4) is 0 Å². The number of aromatic nitrogens is 1. The SMILES string of the molecule is CC1=C(CCC(=O)O)C2(CCC(=O)O)N=C1/C=c1/cc/c([nH]1)=C/C1=NC(=C\C3(C)NC(CCC(=O)O)(C(C)=C3CCC(=O)O)C2C)/C=C1. The van der Waals surface area contributed by atoms with Crippen molar-refractivity contribution in [2.45, 2.75) is 95.7 Å². The van der Waals surface area contributed by atoms with E-state index in [1.807, 2.05) is 70.2 Å². The molecule has 4 atom stereocenters. The smallest absolute Gasteiger partial charge is 0.303 e. The molecule has 4 aliphatic heterocycles. The number of nitrogens with one attached hydrogen (secondary N) is 2. The highest BCUT2D eigenvalue weighted by Crippen LogP contribution is 2.55. The minimum absolute atomic E-state index is 0.0410. The molecule has 12 nitrogen and oxygen atoms in total. The van der Waals surface area contributed by atoms with E-state index in [0.717, 1.165) is 27.4 Å². The van der Waals surface area contributed by atoms with Gasteiger partial charge in [-0.15, -0.1) is 0 Å². The van der Waals surface area contributed by atoms with Gasteiger partial charge >= 0.3 is 23.9 Å². The molecule has 0 saturated heterocycles. The summed E-state index contributed by atoms with van der Waals surface area (Å²) in [4.78, 5) is 61.7. The van der Waals surface area contributed by atoms with Gasteiger partial charge in [-0.3, -0.25) is 29.5 Å². The molecule has 0 saturated carbocycles. The Kier molecular flexibility index (Phi) is 9.33. The molecular formula is C36H42N4O8. The van der Waals surface area contributed by atoms with Crippen molar-refractivity contribution in [1.29, 1.82) is 0 Å². The summed E-state index contributed by atoms with van der Waals surface area (Å²) in [6.07, 6.45) is 9.01. The van der Waals surface area contributed by atoms with Crippen LogP contribution in [0.4, 0.5) is 0 Å². The summed E-state index contributed by atoms with van der Waals surface area (Å²) in [5, 5.41) is 44.7. The third-order valence-electron chi connectivity index (χ3n) is 10.4. The molecule has 1 aromatic heterocycles. The predicted molar refractivity (Wildman–Crippen MR) is 180 cm³/mol. The van der Waals surface area contributed by atoms with E-state index in [9.17, 15) is 39.6 Å². The van der Waals surface area contributed by atoms with Crippen molar-refractivity contribution in [2.75, 3.05) is 0 Å². The summed E-state index contributed by atoms with van der Waals surface area (Å²) >= 11 is 0. The second-order valence-corrected chi connectivity index (χ2v) is 13.3. The zero-order chi connectivity index (χ0) is 35.0. The number of rotatable bonds is 12. The van der Waals surface area contributed by atoms with Gasteiger partial charge in [0.25, 0.3) is 0 Å². The first kappa shape index (κ1) is 34.5. The van der Waals surface area contributed by atoms with Crippen molar-refractivity contribution in [1.82, 2.24) is 10.3 Å². The van der Waals surface area contributed by atoms with Crippen LogP contribution in [0, 0.1) is 5.92 Å². The number of aromatic amines is 1. The Morgan fingerprint density at radius 3 is 2.02 bits per heavy atom. The first-order valence-electron chi connectivity index (χ1n) is 16.1. The summed E-state index contributed by atoms with van der Waals surface area (Å²) in [7, 11) is 0. The van der Waals surface area contributed by atoms with Crippen LogP contribution in [0.1, 0.15) is 79.1 Å². The average molecular weight is 659 g/mol. The topological polar surface area (TPSA) is 202 Å². The van der Waals surface area contributed by atoms with Gasteiger partial charge in [0, 0.05) is 47.8 Å². The maximum absolute atomic E-state index is 12.2. The number of nitrogens with zero attached hydrogens (tertiary/aromatic N) is 2. The fourth-order valence-electron chi connectivity index (χ4n) is 8.16. The van der Waals surface area contributed by atoms with Crippen LogP contribution in [-0.4, -0.2) is 77.3 Å². The third-order valence-corrected chi connectivity index (χ3v) is 10.4. The average Bonchev–Trinajstić information content (AvgIpc) is 3.74. The van der Waals surface area contributed by atoms with Gasteiger partial charge < -0.3 is 25.4 Å². The van der Waals surface area contributed by atoms with E-state index in [1.54, 1.807) is 0 Å². The van der Waals surface area contributed by atoms with E-state index in [1.165, 1.54) is 0 Å². The summed E-state index contributed by atoms with van der Waals surface area (Å²) in [6.45, 7) is 7.60. The highest BCUT2D eigenvalue weighted by atomic mass is 16.4. The van der Waals surface area contributed by atoms with Crippen molar-refractivity contribution in [2.24, 2.45) is 15.9 Å². The van der Waals surface area contributed by atoms with Crippen LogP contribution in [0.15, 0.2) is 68.3 Å². The first-order valence-corrected chi connectivity index (χ1v) is 16.1. The van der Waals surface area contributed by atoms with Crippen LogP contribution in [0.3, 0.4) is 0 Å². The van der Waals surface area contributed by atoms with E-state index in [4.69, 9.17) is 9.98 Å². The largest absolute Gasteiger partial charge is 0.481 e. The number of carboxylic acids is 4. The number of aliphatic imine (C=N–C) groups is 2. The normalized spacial score (nSPS) is 30.2. The highest BCUT2D eigenvalue weighted by molar-refractivity contribution is 6.22. The zero-order valence-electron chi connectivity index (χ0n) is 27.6. The molecule has 5 rings (SSSR count). The number of hydrogen-bond acceptors (Lipinski definition) is 7. The Labute approximate surface area is 277 Å². The van der Waals surface area contributed by atoms with Crippen LogP contribution in [0.25, 0.3) is 12.2 Å². The third kappa shape index (κ3) is 6.49. The summed E-state index contributed by atoms with van der Waals surface area (Å²) in [5.74, 6) is -4.66. The number of fused-ring (bicyclic) bond motifs is 6. The maximum Gasteiger partial charge on any atom is 0.303 e. The summed E-state index contributed by atoms with van der Waals surface area (Å²) in [5.41, 5.74) is 1.61. The Hall–Kier alpha value is -4.84. The Bertz CT molecular complexity index is 1890. The van der Waals surface area contributed by atoms with Crippen molar-refractivity contribution in [3.63, 3.8) is 0 Å². The Morgan fingerprint density at radius 1 is 0.812 bits per heavy atom. The van der Waals surface area contributed by atoms with E-state index >= 15 is 0 Å². The van der Waals surface area contributed by atoms with Gasteiger partial charge in [-0.2, -0.15) is 0 Å². The molecule has 8 bridgehead atoms. The van der Waals surface area contributed by atoms with E-state index in [-0.39, 0.29) is 51.4 Å². The van der Waals surface area contributed by atoms with Crippen LogP contribution in [0.5, 0.6) is 0 Å². The molecular weight excluding hydrogens is 616 g/mol. The number of hydrogen-bond donors (Lipinski definition) is 6. The van der Waals surface area contributed by atoms with Gasteiger partial charge in [0.2, 0.25) is 0 Å². The molecule has 48 heavy (non-hydrogen) atoms. The Morgan fingerprint density at radius 2 is 1.40 bits per heavy atom. The maximum atomic E-state index is 12.2.